The van der Waals surface area contributed by atoms with Crippen molar-refractivity contribution in [2.24, 2.45) is 0 Å². The minimum absolute atomic E-state index is 1.34. The molecule has 0 unspecified atom stereocenters. The monoisotopic (exact) mass is 366 g/mol. The number of alkyl halides is 11. The van der Waals surface area contributed by atoms with Gasteiger partial charge in [0, 0.05) is 0 Å². The summed E-state index contributed by atoms with van der Waals surface area (Å²) >= 11 is 0. The summed E-state index contributed by atoms with van der Waals surface area (Å²) in [6.45, 7) is 0. The van der Waals surface area contributed by atoms with Gasteiger partial charge in [-0.2, -0.15) is 56.7 Å². The third-order valence-electron chi connectivity index (χ3n) is 1.64. The molecule has 0 fully saturated rings. The van der Waals surface area contributed by atoms with Gasteiger partial charge in [0.1, 0.15) is 0 Å². The van der Waals surface area contributed by atoms with E-state index in [-0.39, 0.29) is 0 Å². The first-order valence-electron chi connectivity index (χ1n) is 3.96. The Kier molecular flexibility index (Phi) is 4.60. The minimum atomic E-state index is -7.46. The molecule has 0 spiro atoms. The molecule has 0 amide bonds. The standard InChI is InChI=1S/C5HF11O4S/c6-1(7,5(15,16)21(17,18)19)3(11,12)20-4(13,14)2(8,9)10/h(H,17,18,19). The van der Waals surface area contributed by atoms with E-state index in [1.807, 2.05) is 0 Å². The molecule has 0 aliphatic heterocycles. The summed E-state index contributed by atoms with van der Waals surface area (Å²) in [5.74, 6) is -7.46. The van der Waals surface area contributed by atoms with Gasteiger partial charge in [-0.1, -0.05) is 0 Å². The van der Waals surface area contributed by atoms with Crippen LogP contribution in [-0.4, -0.2) is 42.5 Å². The molecular weight excluding hydrogens is 365 g/mol. The third-order valence-corrected chi connectivity index (χ3v) is 2.55. The highest BCUT2D eigenvalue weighted by Gasteiger charge is 2.81. The first kappa shape index (κ1) is 20.1. The van der Waals surface area contributed by atoms with Gasteiger partial charge < -0.3 is 0 Å². The zero-order valence-electron chi connectivity index (χ0n) is 8.74. The normalized spacial score (nSPS) is 16.2. The molecule has 0 aromatic heterocycles. The molecule has 128 valence electrons. The van der Waals surface area contributed by atoms with Crippen molar-refractivity contribution in [1.29, 1.82) is 0 Å². The maximum Gasteiger partial charge on any atom is 0.483 e. The van der Waals surface area contributed by atoms with Crippen LogP contribution in [0.25, 0.3) is 0 Å². The molecule has 21 heavy (non-hydrogen) atoms. The van der Waals surface area contributed by atoms with Crippen molar-refractivity contribution in [2.45, 2.75) is 29.6 Å². The summed E-state index contributed by atoms with van der Waals surface area (Å²) in [7, 11) is -7.30. The molecule has 0 aromatic rings. The Bertz CT molecular complexity index is 491. The largest absolute Gasteiger partial charge is 0.483 e. The van der Waals surface area contributed by atoms with Crippen molar-refractivity contribution in [3.8, 4) is 0 Å². The molecule has 0 saturated heterocycles. The highest BCUT2D eigenvalue weighted by molar-refractivity contribution is 7.87. The molecule has 0 bridgehead atoms. The van der Waals surface area contributed by atoms with E-state index in [1.54, 1.807) is 0 Å². The topological polar surface area (TPSA) is 63.6 Å². The van der Waals surface area contributed by atoms with Gasteiger partial charge in [0.05, 0.1) is 0 Å². The highest BCUT2D eigenvalue weighted by atomic mass is 32.2. The quantitative estimate of drug-likeness (QED) is 0.601. The maximum absolute atomic E-state index is 12.5. The lowest BCUT2D eigenvalue weighted by molar-refractivity contribution is -0.495. The summed E-state index contributed by atoms with van der Waals surface area (Å²) in [6.07, 6.45) is -21.3. The molecule has 0 aromatic carbocycles. The molecular formula is C5HF11O4S. The van der Waals surface area contributed by atoms with E-state index in [0.717, 1.165) is 0 Å². The van der Waals surface area contributed by atoms with Crippen LogP contribution >= 0.6 is 0 Å². The van der Waals surface area contributed by atoms with Crippen molar-refractivity contribution in [2.75, 3.05) is 0 Å². The summed E-state index contributed by atoms with van der Waals surface area (Å²) < 4.78 is 162. The summed E-state index contributed by atoms with van der Waals surface area (Å²) in [4.78, 5) is 0. The Morgan fingerprint density at radius 2 is 1.05 bits per heavy atom. The van der Waals surface area contributed by atoms with Gasteiger partial charge >= 0.3 is 39.7 Å². The van der Waals surface area contributed by atoms with E-state index >= 15 is 0 Å². The number of hydrogen-bond acceptors (Lipinski definition) is 3. The van der Waals surface area contributed by atoms with Gasteiger partial charge in [-0.15, -0.1) is 0 Å². The second-order valence-corrected chi connectivity index (χ2v) is 4.66. The summed E-state index contributed by atoms with van der Waals surface area (Å²) in [5.41, 5.74) is 0. The average Bonchev–Trinajstić information content (AvgIpc) is 2.11. The number of ether oxygens (including phenoxy) is 1. The van der Waals surface area contributed by atoms with Gasteiger partial charge in [-0.05, 0) is 0 Å². The predicted octanol–water partition coefficient (Wildman–Crippen LogP) is 2.87. The van der Waals surface area contributed by atoms with Gasteiger partial charge in [0.25, 0.3) is 0 Å². The molecule has 0 radical (unpaired) electrons. The van der Waals surface area contributed by atoms with Gasteiger partial charge in [-0.25, -0.2) is 4.74 Å². The fraction of sp³-hybridized carbons (Fsp3) is 1.00. The zero-order chi connectivity index (χ0) is 17.7. The van der Waals surface area contributed by atoms with Crippen molar-refractivity contribution in [1.82, 2.24) is 0 Å². The number of halogens is 11. The lowest BCUT2D eigenvalue weighted by atomic mass is 10.3. The fourth-order valence-corrected chi connectivity index (χ4v) is 1.06. The lowest BCUT2D eigenvalue weighted by Crippen LogP contribution is -2.61. The van der Waals surface area contributed by atoms with Crippen LogP contribution in [0.3, 0.4) is 0 Å². The van der Waals surface area contributed by atoms with Crippen LogP contribution in [0.4, 0.5) is 48.3 Å². The van der Waals surface area contributed by atoms with Gasteiger partial charge in [-0.3, -0.25) is 4.55 Å². The van der Waals surface area contributed by atoms with Crippen molar-refractivity contribution >= 4 is 10.1 Å². The lowest BCUT2D eigenvalue weighted by Gasteiger charge is -2.32. The van der Waals surface area contributed by atoms with Crippen LogP contribution in [0, 0.1) is 0 Å². The first-order chi connectivity index (χ1) is 8.71. The van der Waals surface area contributed by atoms with Crippen LogP contribution in [0.1, 0.15) is 0 Å². The van der Waals surface area contributed by atoms with Crippen molar-refractivity contribution in [3.63, 3.8) is 0 Å². The molecule has 0 atom stereocenters. The van der Waals surface area contributed by atoms with E-state index in [1.165, 1.54) is 4.74 Å². The summed E-state index contributed by atoms with van der Waals surface area (Å²) in [6, 6.07) is 0. The third kappa shape index (κ3) is 3.31. The summed E-state index contributed by atoms with van der Waals surface area (Å²) in [5, 5.41) is -7.12. The predicted molar refractivity (Wildman–Crippen MR) is 38.5 cm³/mol. The minimum Gasteiger partial charge on any atom is -0.281 e. The fourth-order valence-electron chi connectivity index (χ4n) is 0.614. The number of hydrogen-bond donors (Lipinski definition) is 1. The SMILES string of the molecule is O=S(=O)(O)C(F)(F)C(F)(F)C(F)(F)OC(F)(F)C(F)(F)F. The molecule has 0 saturated carbocycles. The van der Waals surface area contributed by atoms with Crippen LogP contribution < -0.4 is 0 Å². The second kappa shape index (κ2) is 4.80. The van der Waals surface area contributed by atoms with Gasteiger partial charge in [0.2, 0.25) is 0 Å². The van der Waals surface area contributed by atoms with Crippen molar-refractivity contribution in [3.05, 3.63) is 0 Å². The Labute approximate surface area is 107 Å². The zero-order valence-corrected chi connectivity index (χ0v) is 9.55. The molecule has 0 aliphatic rings. The second-order valence-electron chi connectivity index (χ2n) is 3.20. The van der Waals surface area contributed by atoms with Crippen molar-refractivity contribution < 1.29 is 66.0 Å². The van der Waals surface area contributed by atoms with E-state index in [9.17, 15) is 56.7 Å². The Hall–Kier alpha value is -0.900. The first-order valence-corrected chi connectivity index (χ1v) is 5.40. The van der Waals surface area contributed by atoms with E-state index in [0.29, 0.717) is 0 Å². The number of rotatable bonds is 5. The van der Waals surface area contributed by atoms with E-state index in [2.05, 4.69) is 0 Å². The van der Waals surface area contributed by atoms with Crippen LogP contribution in [0.2, 0.25) is 0 Å². The molecule has 0 aliphatic carbocycles. The molecule has 4 nitrogen and oxygen atoms in total. The highest BCUT2D eigenvalue weighted by Crippen LogP contribution is 2.52. The Morgan fingerprint density at radius 1 is 0.714 bits per heavy atom. The van der Waals surface area contributed by atoms with Crippen LogP contribution in [0.5, 0.6) is 0 Å². The smallest absolute Gasteiger partial charge is 0.281 e. The average molecular weight is 366 g/mol. The molecule has 0 rings (SSSR count). The Balaban J connectivity index is 5.83. The van der Waals surface area contributed by atoms with E-state index < -0.39 is 39.7 Å². The molecule has 0 heterocycles. The van der Waals surface area contributed by atoms with Crippen LogP contribution in [-0.2, 0) is 14.9 Å². The molecule has 16 heteroatoms. The molecule has 1 N–H and O–H groups in total. The van der Waals surface area contributed by atoms with Gasteiger partial charge in [0.15, 0.2) is 0 Å². The Morgan fingerprint density at radius 3 is 1.29 bits per heavy atom. The van der Waals surface area contributed by atoms with E-state index in [4.69, 9.17) is 4.55 Å². The maximum atomic E-state index is 12.5. The van der Waals surface area contributed by atoms with Crippen LogP contribution in [0.15, 0.2) is 0 Å².